The Balaban J connectivity index is 1.54. The number of aliphatic imine (C=N–C) groups is 1. The molecule has 0 fully saturated rings. The molecule has 3 amide bonds. The van der Waals surface area contributed by atoms with Gasteiger partial charge in [0.15, 0.2) is 0 Å². The molecule has 0 saturated carbocycles. The second-order valence-corrected chi connectivity index (χ2v) is 8.85. The number of carbonyl (C=O) groups is 2. The monoisotopic (exact) mass is 494 g/mol. The van der Waals surface area contributed by atoms with E-state index in [9.17, 15) is 9.59 Å². The molecule has 3 N–H and O–H groups in total. The molecule has 1 atom stereocenters. The Bertz CT molecular complexity index is 1280. The molecule has 3 aromatic rings. The van der Waals surface area contributed by atoms with Gasteiger partial charge in [0.2, 0.25) is 5.13 Å². The van der Waals surface area contributed by atoms with Gasteiger partial charge in [0, 0.05) is 21.3 Å². The van der Waals surface area contributed by atoms with Gasteiger partial charge in [0.1, 0.15) is 10.7 Å². The van der Waals surface area contributed by atoms with E-state index in [-0.39, 0.29) is 18.0 Å². The van der Waals surface area contributed by atoms with Crippen LogP contribution < -0.4 is 16.0 Å². The number of hydrogen-bond donors (Lipinski definition) is 3. The van der Waals surface area contributed by atoms with Crippen LogP contribution in [-0.2, 0) is 4.79 Å². The molecule has 8 nitrogen and oxygen atoms in total. The minimum absolute atomic E-state index is 0.273. The minimum atomic E-state index is -0.366. The Hall–Kier alpha value is -3.37. The van der Waals surface area contributed by atoms with E-state index in [4.69, 9.17) is 0 Å². The van der Waals surface area contributed by atoms with Crippen LogP contribution in [0.5, 0.6) is 0 Å². The van der Waals surface area contributed by atoms with Crippen molar-refractivity contribution in [1.29, 1.82) is 0 Å². The Kier molecular flexibility index (Phi) is 4.87. The Morgan fingerprint density at radius 1 is 1.06 bits per heavy atom. The molecule has 5 rings (SSSR count). The normalized spacial score (nSPS) is 19.2. The quantitative estimate of drug-likeness (QED) is 0.507. The van der Waals surface area contributed by atoms with Crippen LogP contribution >= 0.6 is 27.3 Å². The summed E-state index contributed by atoms with van der Waals surface area (Å²) in [6.45, 7) is 1.83. The fourth-order valence-electron chi connectivity index (χ4n) is 3.57. The molecular formula is C21H15BrN6O2S. The van der Waals surface area contributed by atoms with Crippen LogP contribution in [0.1, 0.15) is 29.1 Å². The smallest absolute Gasteiger partial charge is 0.319 e. The highest BCUT2D eigenvalue weighted by atomic mass is 79.9. The lowest BCUT2D eigenvalue weighted by molar-refractivity contribution is -0.110. The van der Waals surface area contributed by atoms with Gasteiger partial charge < -0.3 is 16.0 Å². The third-order valence-corrected chi connectivity index (χ3v) is 6.30. The highest BCUT2D eigenvalue weighted by Crippen LogP contribution is 2.37. The molecule has 2 aliphatic heterocycles. The highest BCUT2D eigenvalue weighted by molar-refractivity contribution is 9.10. The van der Waals surface area contributed by atoms with Crippen molar-refractivity contribution in [3.8, 4) is 0 Å². The van der Waals surface area contributed by atoms with Gasteiger partial charge in [0.25, 0.3) is 5.91 Å². The number of fused-ring (bicyclic) bond motifs is 1. The minimum Gasteiger partial charge on any atom is -0.327 e. The van der Waals surface area contributed by atoms with Crippen molar-refractivity contribution in [1.82, 2.24) is 20.8 Å². The van der Waals surface area contributed by atoms with Crippen molar-refractivity contribution in [3.63, 3.8) is 0 Å². The number of nitrogens with zero attached hydrogens (tertiary/aromatic N) is 3. The number of halogens is 1. The standard InChI is InChI=1S/C21H15BrN6O2S/c1-10-15(16(25-20(30)23-10)11-5-3-2-4-6-11)19-27-28-21(31-19)26-17-13-9-12(22)7-8-14(13)24-18(17)29/h2-9,16H,1H3,(H2,23,25,30)(H,24,26,28,29). The number of carbonyl (C=O) groups excluding carboxylic acids is 2. The molecule has 0 saturated heterocycles. The summed E-state index contributed by atoms with van der Waals surface area (Å²) in [6, 6.07) is 14.5. The van der Waals surface area contributed by atoms with E-state index in [0.29, 0.717) is 32.8 Å². The Labute approximate surface area is 189 Å². The molecule has 154 valence electrons. The molecule has 10 heteroatoms. The first-order valence-electron chi connectivity index (χ1n) is 9.36. The van der Waals surface area contributed by atoms with Crippen molar-refractivity contribution >= 4 is 61.3 Å². The number of benzene rings is 2. The third-order valence-electron chi connectivity index (χ3n) is 4.95. The van der Waals surface area contributed by atoms with Gasteiger partial charge in [-0.2, -0.15) is 0 Å². The van der Waals surface area contributed by atoms with Crippen LogP contribution in [0.2, 0.25) is 0 Å². The summed E-state index contributed by atoms with van der Waals surface area (Å²) in [7, 11) is 0. The number of aromatic nitrogens is 2. The van der Waals surface area contributed by atoms with Crippen LogP contribution in [0.4, 0.5) is 15.6 Å². The highest BCUT2D eigenvalue weighted by Gasteiger charge is 2.31. The summed E-state index contributed by atoms with van der Waals surface area (Å²) in [5, 5.41) is 18.0. The number of nitrogens with one attached hydrogen (secondary N) is 3. The fraction of sp³-hybridized carbons (Fsp3) is 0.0952. The number of amides is 3. The van der Waals surface area contributed by atoms with Crippen LogP contribution in [-0.4, -0.2) is 27.8 Å². The fourth-order valence-corrected chi connectivity index (χ4v) is 4.79. The number of rotatable bonds is 3. The summed E-state index contributed by atoms with van der Waals surface area (Å²) in [5.74, 6) is -0.283. The average Bonchev–Trinajstić information content (AvgIpc) is 3.33. The SMILES string of the molecule is CC1=C(c2nnc(N=C3C(=O)Nc4ccc(Br)cc43)s2)C(c2ccccc2)NC(=O)N1. The van der Waals surface area contributed by atoms with Gasteiger partial charge in [-0.1, -0.05) is 57.6 Å². The van der Waals surface area contributed by atoms with Crippen molar-refractivity contribution in [3.05, 3.63) is 74.8 Å². The molecule has 0 spiro atoms. The van der Waals surface area contributed by atoms with E-state index >= 15 is 0 Å². The van der Waals surface area contributed by atoms with Gasteiger partial charge in [-0.05, 0) is 30.7 Å². The maximum Gasteiger partial charge on any atom is 0.319 e. The van der Waals surface area contributed by atoms with Crippen molar-refractivity contribution in [2.75, 3.05) is 5.32 Å². The largest absolute Gasteiger partial charge is 0.327 e. The second-order valence-electron chi connectivity index (χ2n) is 6.98. The molecule has 0 bridgehead atoms. The summed E-state index contributed by atoms with van der Waals surface area (Å²) in [6.07, 6.45) is 0. The summed E-state index contributed by atoms with van der Waals surface area (Å²) in [5.41, 5.74) is 4.15. The van der Waals surface area contributed by atoms with E-state index < -0.39 is 0 Å². The number of anilines is 1. The molecule has 0 radical (unpaired) electrons. The van der Waals surface area contributed by atoms with E-state index in [1.807, 2.05) is 55.5 Å². The topological polar surface area (TPSA) is 108 Å². The lowest BCUT2D eigenvalue weighted by Gasteiger charge is -2.28. The summed E-state index contributed by atoms with van der Waals surface area (Å²) >= 11 is 4.69. The van der Waals surface area contributed by atoms with Crippen LogP contribution in [0.3, 0.4) is 0 Å². The summed E-state index contributed by atoms with van der Waals surface area (Å²) in [4.78, 5) is 29.0. The zero-order chi connectivity index (χ0) is 21.5. The summed E-state index contributed by atoms with van der Waals surface area (Å²) < 4.78 is 0.851. The molecule has 31 heavy (non-hydrogen) atoms. The van der Waals surface area contributed by atoms with Crippen LogP contribution in [0.25, 0.3) is 5.57 Å². The van der Waals surface area contributed by atoms with Crippen molar-refractivity contribution in [2.45, 2.75) is 13.0 Å². The zero-order valence-corrected chi connectivity index (χ0v) is 18.5. The third kappa shape index (κ3) is 3.64. The molecule has 2 aromatic carbocycles. The van der Waals surface area contributed by atoms with Gasteiger partial charge >= 0.3 is 6.03 Å². The second kappa shape index (κ2) is 7.71. The number of hydrogen-bond acceptors (Lipinski definition) is 6. The van der Waals surface area contributed by atoms with Crippen molar-refractivity contribution < 1.29 is 9.59 Å². The lowest BCUT2D eigenvalue weighted by atomic mass is 9.96. The van der Waals surface area contributed by atoms with E-state index in [1.165, 1.54) is 11.3 Å². The molecule has 1 unspecified atom stereocenters. The van der Waals surface area contributed by atoms with Gasteiger partial charge in [0.05, 0.1) is 11.7 Å². The molecule has 3 heterocycles. The van der Waals surface area contributed by atoms with E-state index in [2.05, 4.69) is 47.1 Å². The average molecular weight is 495 g/mol. The van der Waals surface area contributed by atoms with Crippen LogP contribution in [0.15, 0.2) is 63.7 Å². The van der Waals surface area contributed by atoms with Crippen LogP contribution in [0, 0.1) is 0 Å². The van der Waals surface area contributed by atoms with Gasteiger partial charge in [-0.3, -0.25) is 4.79 Å². The maximum absolute atomic E-state index is 12.4. The zero-order valence-electron chi connectivity index (χ0n) is 16.1. The van der Waals surface area contributed by atoms with Gasteiger partial charge in [-0.15, -0.1) is 10.2 Å². The first-order chi connectivity index (χ1) is 15.0. The molecule has 0 aliphatic carbocycles. The number of urea groups is 1. The predicted molar refractivity (Wildman–Crippen MR) is 122 cm³/mol. The number of allylic oxidation sites excluding steroid dienone is 1. The molecular weight excluding hydrogens is 480 g/mol. The maximum atomic E-state index is 12.4. The molecule has 2 aliphatic rings. The van der Waals surface area contributed by atoms with Crippen molar-refractivity contribution in [2.24, 2.45) is 4.99 Å². The Morgan fingerprint density at radius 3 is 2.68 bits per heavy atom. The van der Waals surface area contributed by atoms with E-state index in [0.717, 1.165) is 15.6 Å². The lowest BCUT2D eigenvalue weighted by Crippen LogP contribution is -2.42. The van der Waals surface area contributed by atoms with E-state index in [1.54, 1.807) is 0 Å². The first-order valence-corrected chi connectivity index (χ1v) is 11.0. The Morgan fingerprint density at radius 2 is 1.87 bits per heavy atom. The first kappa shape index (κ1) is 19.6. The predicted octanol–water partition coefficient (Wildman–Crippen LogP) is 4.16. The van der Waals surface area contributed by atoms with Gasteiger partial charge in [-0.25, -0.2) is 9.79 Å². The molecule has 1 aromatic heterocycles.